The number of piperidine rings is 1. The van der Waals surface area contributed by atoms with Crippen molar-refractivity contribution >= 4 is 0 Å². The van der Waals surface area contributed by atoms with Gasteiger partial charge in [0, 0.05) is 6.04 Å². The van der Waals surface area contributed by atoms with E-state index in [1.807, 2.05) is 0 Å². The Morgan fingerprint density at radius 1 is 1.15 bits per heavy atom. The molecule has 0 bridgehead atoms. The predicted molar refractivity (Wildman–Crippen MR) is 52.5 cm³/mol. The molecule has 0 atom stereocenters. The smallest absolute Gasteiger partial charge is 0.103 e. The average molecular weight is 185 g/mol. The molecule has 0 radical (unpaired) electrons. The summed E-state index contributed by atoms with van der Waals surface area (Å²) >= 11 is 0. The lowest BCUT2D eigenvalue weighted by molar-refractivity contribution is 0.0167. The van der Waals surface area contributed by atoms with Gasteiger partial charge >= 0.3 is 0 Å². The second kappa shape index (κ2) is 3.23. The molecule has 1 aliphatic carbocycles. The molecule has 2 aliphatic rings. The normalized spacial score (nSPS) is 39.9. The standard InChI is InChI=1S/C11H20FN/c1-11(2)3-5-13(6-4-11)10-7-9(12)8-10/h9-10H,3-8H2,1-2H3. The largest absolute Gasteiger partial charge is 0.300 e. The number of rotatable bonds is 1. The summed E-state index contributed by atoms with van der Waals surface area (Å²) in [5.74, 6) is 0. The number of alkyl halides is 1. The monoisotopic (exact) mass is 185 g/mol. The molecule has 0 aromatic rings. The highest BCUT2D eigenvalue weighted by Crippen LogP contribution is 2.35. The van der Waals surface area contributed by atoms with Crippen LogP contribution in [0.5, 0.6) is 0 Å². The van der Waals surface area contributed by atoms with E-state index in [1.165, 1.54) is 25.9 Å². The molecule has 1 saturated carbocycles. The van der Waals surface area contributed by atoms with Crippen molar-refractivity contribution in [1.82, 2.24) is 4.90 Å². The minimum absolute atomic E-state index is 0.500. The van der Waals surface area contributed by atoms with Crippen LogP contribution in [0.4, 0.5) is 4.39 Å². The van der Waals surface area contributed by atoms with Gasteiger partial charge in [0.1, 0.15) is 6.17 Å². The molecule has 0 aromatic carbocycles. The molecular formula is C11H20FN. The van der Waals surface area contributed by atoms with Crippen LogP contribution in [-0.4, -0.2) is 30.2 Å². The minimum Gasteiger partial charge on any atom is -0.300 e. The van der Waals surface area contributed by atoms with Crippen LogP contribution in [-0.2, 0) is 0 Å². The van der Waals surface area contributed by atoms with E-state index in [2.05, 4.69) is 18.7 Å². The Kier molecular flexibility index (Phi) is 2.35. The number of hydrogen-bond acceptors (Lipinski definition) is 1. The van der Waals surface area contributed by atoms with Crippen LogP contribution in [0.15, 0.2) is 0 Å². The quantitative estimate of drug-likeness (QED) is 0.607. The van der Waals surface area contributed by atoms with Crippen LogP contribution in [0.25, 0.3) is 0 Å². The predicted octanol–water partition coefficient (Wildman–Crippen LogP) is 2.61. The minimum atomic E-state index is -0.500. The third-order valence-corrected chi connectivity index (χ3v) is 3.72. The molecule has 2 fully saturated rings. The zero-order valence-corrected chi connectivity index (χ0v) is 8.72. The SMILES string of the molecule is CC1(C)CCN(C2CC(F)C2)CC1. The van der Waals surface area contributed by atoms with Crippen molar-refractivity contribution in [2.24, 2.45) is 5.41 Å². The van der Waals surface area contributed by atoms with Crippen LogP contribution < -0.4 is 0 Å². The van der Waals surface area contributed by atoms with E-state index >= 15 is 0 Å². The van der Waals surface area contributed by atoms with Gasteiger partial charge in [0.05, 0.1) is 0 Å². The Bertz CT molecular complexity index is 175. The van der Waals surface area contributed by atoms with E-state index < -0.39 is 6.17 Å². The first-order valence-corrected chi connectivity index (χ1v) is 5.45. The fourth-order valence-corrected chi connectivity index (χ4v) is 2.31. The van der Waals surface area contributed by atoms with E-state index in [1.54, 1.807) is 0 Å². The summed E-state index contributed by atoms with van der Waals surface area (Å²) in [5.41, 5.74) is 0.523. The van der Waals surface area contributed by atoms with Crippen molar-refractivity contribution < 1.29 is 4.39 Å². The summed E-state index contributed by atoms with van der Waals surface area (Å²) in [6.45, 7) is 7.04. The van der Waals surface area contributed by atoms with Gasteiger partial charge in [-0.2, -0.15) is 0 Å². The van der Waals surface area contributed by atoms with E-state index in [0.717, 1.165) is 12.8 Å². The second-order valence-electron chi connectivity index (χ2n) is 5.42. The molecule has 0 aromatic heterocycles. The summed E-state index contributed by atoms with van der Waals surface area (Å²) in [7, 11) is 0. The summed E-state index contributed by atoms with van der Waals surface area (Å²) in [4.78, 5) is 2.49. The van der Waals surface area contributed by atoms with Crippen molar-refractivity contribution in [1.29, 1.82) is 0 Å². The third kappa shape index (κ3) is 2.04. The molecule has 76 valence electrons. The number of hydrogen-bond donors (Lipinski definition) is 0. The van der Waals surface area contributed by atoms with E-state index in [0.29, 0.717) is 11.5 Å². The number of likely N-dealkylation sites (tertiary alicyclic amines) is 1. The van der Waals surface area contributed by atoms with Crippen LogP contribution in [0, 0.1) is 5.41 Å². The fourth-order valence-electron chi connectivity index (χ4n) is 2.31. The van der Waals surface area contributed by atoms with Crippen molar-refractivity contribution in [2.45, 2.75) is 51.7 Å². The Morgan fingerprint density at radius 3 is 2.15 bits per heavy atom. The summed E-state index contributed by atoms with van der Waals surface area (Å²) < 4.78 is 12.6. The topological polar surface area (TPSA) is 3.24 Å². The van der Waals surface area contributed by atoms with Crippen LogP contribution in [0.1, 0.15) is 39.5 Å². The molecule has 1 saturated heterocycles. The van der Waals surface area contributed by atoms with Gasteiger partial charge in [-0.1, -0.05) is 13.8 Å². The first-order chi connectivity index (χ1) is 6.07. The van der Waals surface area contributed by atoms with Gasteiger partial charge in [-0.15, -0.1) is 0 Å². The molecule has 1 heterocycles. The molecule has 0 spiro atoms. The summed E-state index contributed by atoms with van der Waals surface area (Å²) in [5, 5.41) is 0. The van der Waals surface area contributed by atoms with Gasteiger partial charge < -0.3 is 4.90 Å². The maximum Gasteiger partial charge on any atom is 0.103 e. The van der Waals surface area contributed by atoms with Gasteiger partial charge in [-0.05, 0) is 44.2 Å². The molecule has 1 nitrogen and oxygen atoms in total. The van der Waals surface area contributed by atoms with E-state index in [4.69, 9.17) is 0 Å². The van der Waals surface area contributed by atoms with Crippen molar-refractivity contribution in [3.8, 4) is 0 Å². The third-order valence-electron chi connectivity index (χ3n) is 3.72. The highest BCUT2D eigenvalue weighted by molar-refractivity contribution is 4.90. The van der Waals surface area contributed by atoms with Crippen LogP contribution in [0.3, 0.4) is 0 Å². The molecule has 1 aliphatic heterocycles. The maximum absolute atomic E-state index is 12.6. The van der Waals surface area contributed by atoms with Crippen molar-refractivity contribution in [2.75, 3.05) is 13.1 Å². The van der Waals surface area contributed by atoms with Crippen molar-refractivity contribution in [3.63, 3.8) is 0 Å². The van der Waals surface area contributed by atoms with Crippen LogP contribution in [0.2, 0.25) is 0 Å². The first kappa shape index (κ1) is 9.45. The summed E-state index contributed by atoms with van der Waals surface area (Å²) in [6.07, 6.45) is 3.64. The zero-order valence-electron chi connectivity index (χ0n) is 8.72. The van der Waals surface area contributed by atoms with Gasteiger partial charge in [0.25, 0.3) is 0 Å². The van der Waals surface area contributed by atoms with Gasteiger partial charge in [0.2, 0.25) is 0 Å². The van der Waals surface area contributed by atoms with Crippen LogP contribution >= 0.6 is 0 Å². The van der Waals surface area contributed by atoms with Crippen molar-refractivity contribution in [3.05, 3.63) is 0 Å². The molecule has 0 N–H and O–H groups in total. The Balaban J connectivity index is 1.79. The Morgan fingerprint density at radius 2 is 1.69 bits per heavy atom. The lowest BCUT2D eigenvalue weighted by Gasteiger charge is -2.45. The summed E-state index contributed by atoms with van der Waals surface area (Å²) in [6, 6.07) is 0.575. The average Bonchev–Trinajstić information content (AvgIpc) is 2.00. The Hall–Kier alpha value is -0.110. The highest BCUT2D eigenvalue weighted by Gasteiger charge is 2.36. The fraction of sp³-hybridized carbons (Fsp3) is 1.00. The second-order valence-corrected chi connectivity index (χ2v) is 5.42. The molecular weight excluding hydrogens is 165 g/mol. The van der Waals surface area contributed by atoms with E-state index in [-0.39, 0.29) is 0 Å². The first-order valence-electron chi connectivity index (χ1n) is 5.45. The molecule has 2 rings (SSSR count). The number of halogens is 1. The molecule has 13 heavy (non-hydrogen) atoms. The molecule has 0 amide bonds. The maximum atomic E-state index is 12.6. The number of nitrogens with zero attached hydrogens (tertiary/aromatic N) is 1. The van der Waals surface area contributed by atoms with E-state index in [9.17, 15) is 4.39 Å². The van der Waals surface area contributed by atoms with Gasteiger partial charge in [0.15, 0.2) is 0 Å². The molecule has 0 unspecified atom stereocenters. The zero-order chi connectivity index (χ0) is 9.47. The lowest BCUT2D eigenvalue weighted by atomic mass is 9.80. The highest BCUT2D eigenvalue weighted by atomic mass is 19.1. The van der Waals surface area contributed by atoms with Gasteiger partial charge in [-0.25, -0.2) is 4.39 Å². The van der Waals surface area contributed by atoms with Gasteiger partial charge in [-0.3, -0.25) is 0 Å². The Labute approximate surface area is 80.3 Å². The molecule has 2 heteroatoms. The lowest BCUT2D eigenvalue weighted by Crippen LogP contribution is -2.50.